The van der Waals surface area contributed by atoms with Gasteiger partial charge < -0.3 is 15.3 Å². The predicted molar refractivity (Wildman–Crippen MR) is 94.1 cm³/mol. The fourth-order valence-corrected chi connectivity index (χ4v) is 2.91. The van der Waals surface area contributed by atoms with Gasteiger partial charge in [-0.05, 0) is 25.7 Å². The minimum absolute atomic E-state index is 0.194. The zero-order valence-electron chi connectivity index (χ0n) is 14.6. The molecule has 0 rings (SSSR count). The van der Waals surface area contributed by atoms with Crippen molar-refractivity contribution in [1.29, 1.82) is 0 Å². The van der Waals surface area contributed by atoms with Gasteiger partial charge in [0.1, 0.15) is 0 Å². The van der Waals surface area contributed by atoms with Crippen LogP contribution in [0.15, 0.2) is 0 Å². The van der Waals surface area contributed by atoms with Crippen LogP contribution in [0.2, 0.25) is 0 Å². The summed E-state index contributed by atoms with van der Waals surface area (Å²) in [4.78, 5) is 0. The lowest BCUT2D eigenvalue weighted by atomic mass is 10.0. The Morgan fingerprint density at radius 2 is 0.727 bits per heavy atom. The van der Waals surface area contributed by atoms with E-state index >= 15 is 0 Å². The molecule has 3 N–H and O–H groups in total. The molecule has 0 aliphatic rings. The molecule has 1 atom stereocenters. The maximum Gasteiger partial charge on any atom is 0.0541 e. The standard InChI is InChI=1S/C19H40O3/c20-17-13-11-9-7-5-3-1-2-4-6-8-10-12-15-19(22)16-14-18-21/h19-22H,1-18H2. The minimum Gasteiger partial charge on any atom is -0.396 e. The average molecular weight is 317 g/mol. The molecule has 0 aliphatic carbocycles. The highest BCUT2D eigenvalue weighted by atomic mass is 16.3. The number of hydrogen-bond donors (Lipinski definition) is 3. The first-order valence-electron chi connectivity index (χ1n) is 9.71. The fourth-order valence-electron chi connectivity index (χ4n) is 2.91. The molecule has 0 aromatic rings. The molecule has 134 valence electrons. The minimum atomic E-state index is -0.204. The average Bonchev–Trinajstić information content (AvgIpc) is 2.53. The van der Waals surface area contributed by atoms with E-state index in [4.69, 9.17) is 10.2 Å². The third kappa shape index (κ3) is 17.9. The Kier molecular flexibility index (Phi) is 18.8. The number of aliphatic hydroxyl groups is 3. The first kappa shape index (κ1) is 21.9. The van der Waals surface area contributed by atoms with Crippen LogP contribution in [0, 0.1) is 0 Å². The second-order valence-corrected chi connectivity index (χ2v) is 6.63. The number of aliphatic hydroxyl groups excluding tert-OH is 3. The Morgan fingerprint density at radius 1 is 0.409 bits per heavy atom. The molecule has 1 unspecified atom stereocenters. The summed E-state index contributed by atoms with van der Waals surface area (Å²) in [6.45, 7) is 0.543. The van der Waals surface area contributed by atoms with Gasteiger partial charge in [-0.25, -0.2) is 0 Å². The van der Waals surface area contributed by atoms with Crippen LogP contribution in [0.3, 0.4) is 0 Å². The first-order chi connectivity index (χ1) is 10.8. The van der Waals surface area contributed by atoms with Crippen LogP contribution in [0.4, 0.5) is 0 Å². The molecular formula is C19H40O3. The second-order valence-electron chi connectivity index (χ2n) is 6.63. The topological polar surface area (TPSA) is 60.7 Å². The van der Waals surface area contributed by atoms with Gasteiger partial charge in [-0.15, -0.1) is 0 Å². The molecule has 22 heavy (non-hydrogen) atoms. The van der Waals surface area contributed by atoms with E-state index in [-0.39, 0.29) is 12.7 Å². The van der Waals surface area contributed by atoms with Crippen LogP contribution in [0.5, 0.6) is 0 Å². The van der Waals surface area contributed by atoms with Gasteiger partial charge in [0.2, 0.25) is 0 Å². The van der Waals surface area contributed by atoms with Gasteiger partial charge >= 0.3 is 0 Å². The Morgan fingerprint density at radius 3 is 1.14 bits per heavy atom. The molecule has 0 amide bonds. The van der Waals surface area contributed by atoms with Crippen LogP contribution in [-0.4, -0.2) is 34.6 Å². The maximum atomic E-state index is 9.65. The summed E-state index contributed by atoms with van der Waals surface area (Å²) in [7, 11) is 0. The molecule has 0 spiro atoms. The van der Waals surface area contributed by atoms with Crippen molar-refractivity contribution < 1.29 is 15.3 Å². The highest BCUT2D eigenvalue weighted by Crippen LogP contribution is 2.14. The Hall–Kier alpha value is -0.120. The Balaban J connectivity index is 3.02. The monoisotopic (exact) mass is 316 g/mol. The van der Waals surface area contributed by atoms with E-state index in [0.717, 1.165) is 32.1 Å². The van der Waals surface area contributed by atoms with Gasteiger partial charge in [0.25, 0.3) is 0 Å². The molecule has 0 aliphatic heterocycles. The van der Waals surface area contributed by atoms with Gasteiger partial charge in [-0.3, -0.25) is 0 Å². The molecule has 3 nitrogen and oxygen atoms in total. The van der Waals surface area contributed by atoms with Crippen molar-refractivity contribution in [2.75, 3.05) is 13.2 Å². The third-order valence-electron chi connectivity index (χ3n) is 4.39. The zero-order chi connectivity index (χ0) is 16.3. The maximum absolute atomic E-state index is 9.65. The summed E-state index contributed by atoms with van der Waals surface area (Å²) < 4.78 is 0. The van der Waals surface area contributed by atoms with Gasteiger partial charge in [-0.1, -0.05) is 77.0 Å². The van der Waals surface area contributed by atoms with E-state index in [1.807, 2.05) is 0 Å². The molecule has 0 fully saturated rings. The normalized spacial score (nSPS) is 12.7. The highest BCUT2D eigenvalue weighted by molar-refractivity contribution is 4.56. The first-order valence-corrected chi connectivity index (χ1v) is 9.71. The van der Waals surface area contributed by atoms with Crippen molar-refractivity contribution in [2.45, 2.75) is 109 Å². The van der Waals surface area contributed by atoms with E-state index in [1.54, 1.807) is 0 Å². The van der Waals surface area contributed by atoms with E-state index < -0.39 is 0 Å². The molecule has 3 heteroatoms. The summed E-state index contributed by atoms with van der Waals surface area (Å²) in [6, 6.07) is 0. The fraction of sp³-hybridized carbons (Fsp3) is 1.00. The SMILES string of the molecule is OCCCCCCCCCCCCCCCC(O)CCCO. The summed E-state index contributed by atoms with van der Waals surface area (Å²) in [5.74, 6) is 0. The molecule has 0 saturated carbocycles. The van der Waals surface area contributed by atoms with Gasteiger partial charge in [0, 0.05) is 13.2 Å². The number of rotatable bonds is 18. The number of hydrogen-bond acceptors (Lipinski definition) is 3. The summed E-state index contributed by atoms with van der Waals surface area (Å²) >= 11 is 0. The summed E-state index contributed by atoms with van der Waals surface area (Å²) in [5, 5.41) is 27.0. The molecule has 0 saturated heterocycles. The van der Waals surface area contributed by atoms with Crippen molar-refractivity contribution in [2.24, 2.45) is 0 Å². The van der Waals surface area contributed by atoms with Crippen molar-refractivity contribution >= 4 is 0 Å². The van der Waals surface area contributed by atoms with Gasteiger partial charge in [-0.2, -0.15) is 0 Å². The lowest BCUT2D eigenvalue weighted by molar-refractivity contribution is 0.137. The lowest BCUT2D eigenvalue weighted by Gasteiger charge is -2.09. The van der Waals surface area contributed by atoms with E-state index in [9.17, 15) is 5.11 Å². The number of unbranched alkanes of at least 4 members (excludes halogenated alkanes) is 12. The lowest BCUT2D eigenvalue weighted by Crippen LogP contribution is -2.06. The van der Waals surface area contributed by atoms with Crippen LogP contribution in [0.1, 0.15) is 103 Å². The molecular weight excluding hydrogens is 276 g/mol. The van der Waals surface area contributed by atoms with Crippen molar-refractivity contribution in [3.05, 3.63) is 0 Å². The highest BCUT2D eigenvalue weighted by Gasteiger charge is 2.02. The Labute approximate surface area is 138 Å². The smallest absolute Gasteiger partial charge is 0.0541 e. The van der Waals surface area contributed by atoms with Gasteiger partial charge in [0.05, 0.1) is 6.10 Å². The zero-order valence-corrected chi connectivity index (χ0v) is 14.6. The van der Waals surface area contributed by atoms with Crippen molar-refractivity contribution in [3.8, 4) is 0 Å². The summed E-state index contributed by atoms with van der Waals surface area (Å²) in [6.07, 6.45) is 18.8. The quantitative estimate of drug-likeness (QED) is 0.325. The van der Waals surface area contributed by atoms with Crippen LogP contribution >= 0.6 is 0 Å². The molecule has 0 radical (unpaired) electrons. The molecule has 0 aromatic heterocycles. The predicted octanol–water partition coefficient (Wildman–Crippen LogP) is 4.57. The third-order valence-corrected chi connectivity index (χ3v) is 4.39. The van der Waals surface area contributed by atoms with E-state index in [1.165, 1.54) is 70.6 Å². The van der Waals surface area contributed by atoms with Crippen LogP contribution in [0.25, 0.3) is 0 Å². The van der Waals surface area contributed by atoms with Crippen molar-refractivity contribution in [3.63, 3.8) is 0 Å². The van der Waals surface area contributed by atoms with Crippen LogP contribution in [-0.2, 0) is 0 Å². The van der Waals surface area contributed by atoms with E-state index in [0.29, 0.717) is 6.61 Å². The van der Waals surface area contributed by atoms with Gasteiger partial charge in [0.15, 0.2) is 0 Å². The Bertz CT molecular complexity index is 197. The second kappa shape index (κ2) is 18.9. The van der Waals surface area contributed by atoms with Crippen molar-refractivity contribution in [1.82, 2.24) is 0 Å². The molecule has 0 aromatic carbocycles. The largest absolute Gasteiger partial charge is 0.396 e. The van der Waals surface area contributed by atoms with E-state index in [2.05, 4.69) is 0 Å². The van der Waals surface area contributed by atoms with Crippen LogP contribution < -0.4 is 0 Å². The molecule has 0 heterocycles. The molecule has 0 bridgehead atoms. The summed E-state index contributed by atoms with van der Waals surface area (Å²) in [5.41, 5.74) is 0.